The van der Waals surface area contributed by atoms with Crippen molar-refractivity contribution in [2.24, 2.45) is 10.7 Å². The minimum atomic E-state index is 0.391. The molecule has 0 rings (SSSR count). The molecule has 3 N–H and O–H groups in total. The van der Waals surface area contributed by atoms with E-state index in [4.69, 9.17) is 11.1 Å². The van der Waals surface area contributed by atoms with Crippen LogP contribution in [0, 0.1) is 5.41 Å². The highest BCUT2D eigenvalue weighted by Gasteiger charge is 1.68. The molecule has 0 fully saturated rings. The van der Waals surface area contributed by atoms with Crippen molar-refractivity contribution >= 4 is 32.8 Å². The fraction of sp³-hybridized carbons (Fsp3) is 0. The summed E-state index contributed by atoms with van der Waals surface area (Å²) in [6.45, 7) is 0. The first-order valence-corrected chi connectivity index (χ1v) is 2.33. The second-order valence-corrected chi connectivity index (χ2v) is 1.69. The van der Waals surface area contributed by atoms with Crippen molar-refractivity contribution in [2.75, 3.05) is 0 Å². The highest BCUT2D eigenvalue weighted by Crippen LogP contribution is 1.75. The average molecular weight is 197 g/mol. The van der Waals surface area contributed by atoms with E-state index in [1.165, 1.54) is 0 Å². The third kappa shape index (κ3) is 3.87. The van der Waals surface area contributed by atoms with Gasteiger partial charge in [-0.2, -0.15) is 0 Å². The van der Waals surface area contributed by atoms with E-state index >= 15 is 0 Å². The largest absolute Gasteiger partial charge is 0.379 e. The molecule has 0 spiro atoms. The van der Waals surface area contributed by atoms with Crippen LogP contribution < -0.4 is 5.73 Å². The van der Waals surface area contributed by atoms with Gasteiger partial charge in [0.1, 0.15) is 6.34 Å². The Balaban J connectivity index is 3.41. The Bertz CT molecular complexity index is 72.9. The third-order valence-corrected chi connectivity index (χ3v) is 0.466. The number of amidine groups is 1. The fourth-order valence-electron chi connectivity index (χ4n) is 0.0617. The number of hydrogen-bond donors (Lipinski definition) is 2. The topological polar surface area (TPSA) is 62.2 Å². The number of rotatable bonds is 1. The van der Waals surface area contributed by atoms with Gasteiger partial charge >= 0.3 is 0 Å². The lowest BCUT2D eigenvalue weighted by molar-refractivity contribution is 1.51. The van der Waals surface area contributed by atoms with E-state index in [0.29, 0.717) is 3.84 Å². The van der Waals surface area contributed by atoms with Gasteiger partial charge in [-0.15, -0.1) is 0 Å². The molecule has 0 atom stereocenters. The minimum absolute atomic E-state index is 0.391. The molecule has 34 valence electrons. The van der Waals surface area contributed by atoms with E-state index in [1.54, 1.807) is 0 Å². The monoisotopic (exact) mass is 197 g/mol. The molecule has 0 unspecified atom stereocenters. The Morgan fingerprint density at radius 1 is 2.00 bits per heavy atom. The van der Waals surface area contributed by atoms with Crippen molar-refractivity contribution in [1.82, 2.24) is 0 Å². The number of nitrogens with two attached hydrogens (primary N) is 1. The Morgan fingerprint density at radius 2 is 2.50 bits per heavy atom. The number of hydrogen-bond acceptors (Lipinski definition) is 1. The molecule has 0 aromatic rings. The van der Waals surface area contributed by atoms with Crippen LogP contribution in [0.1, 0.15) is 0 Å². The van der Waals surface area contributed by atoms with E-state index in [1.807, 2.05) is 22.6 Å². The molecule has 0 aromatic heterocycles. The minimum Gasteiger partial charge on any atom is -0.379 e. The van der Waals surface area contributed by atoms with Crippen LogP contribution in [0.3, 0.4) is 0 Å². The van der Waals surface area contributed by atoms with Crippen LogP contribution in [0.5, 0.6) is 0 Å². The van der Waals surface area contributed by atoms with E-state index in [9.17, 15) is 0 Å². The molecule has 0 saturated heterocycles. The molecular formula is C2H4IN3. The summed E-state index contributed by atoms with van der Waals surface area (Å²) >= 11 is 1.82. The van der Waals surface area contributed by atoms with Gasteiger partial charge in [0.2, 0.25) is 0 Å². The van der Waals surface area contributed by atoms with Crippen molar-refractivity contribution in [1.29, 1.82) is 5.41 Å². The van der Waals surface area contributed by atoms with E-state index in [0.717, 1.165) is 6.34 Å². The number of nitrogens with one attached hydrogen (secondary N) is 1. The summed E-state index contributed by atoms with van der Waals surface area (Å²) < 4.78 is 0.391. The molecule has 0 aromatic carbocycles. The van der Waals surface area contributed by atoms with Crippen molar-refractivity contribution < 1.29 is 0 Å². The summed E-state index contributed by atoms with van der Waals surface area (Å²) in [7, 11) is 0. The predicted octanol–water partition coefficient (Wildman–Crippen LogP) is 0.343. The van der Waals surface area contributed by atoms with Crippen LogP contribution in [0.15, 0.2) is 4.99 Å². The van der Waals surface area contributed by atoms with Gasteiger partial charge in [0.05, 0.1) is 0 Å². The fourth-order valence-corrected chi connectivity index (χ4v) is 0.201. The molecule has 0 aliphatic rings. The molecule has 6 heavy (non-hydrogen) atoms. The maximum atomic E-state index is 6.34. The van der Waals surface area contributed by atoms with Crippen LogP contribution in [-0.2, 0) is 0 Å². The van der Waals surface area contributed by atoms with Gasteiger partial charge in [0.25, 0.3) is 0 Å². The zero-order chi connectivity index (χ0) is 4.99. The van der Waals surface area contributed by atoms with Gasteiger partial charge < -0.3 is 5.73 Å². The molecule has 4 heteroatoms. The summed E-state index contributed by atoms with van der Waals surface area (Å²) in [6, 6.07) is 0. The SMILES string of the molecule is N=CN=C(N)I. The first-order valence-electron chi connectivity index (χ1n) is 1.25. The molecule has 3 nitrogen and oxygen atoms in total. The standard InChI is InChI=1S/C2H4IN3/c3-2(5)6-1-4/h1H,(H3,4,5,6). The molecule has 0 aliphatic heterocycles. The first-order chi connectivity index (χ1) is 2.77. The second-order valence-electron chi connectivity index (χ2n) is 0.581. The van der Waals surface area contributed by atoms with Gasteiger partial charge in [0.15, 0.2) is 3.84 Å². The van der Waals surface area contributed by atoms with Gasteiger partial charge in [-0.05, 0) is 22.6 Å². The van der Waals surface area contributed by atoms with Crippen LogP contribution in [0.25, 0.3) is 0 Å². The molecule has 0 bridgehead atoms. The Hall–Kier alpha value is -0.130. The van der Waals surface area contributed by atoms with Crippen LogP contribution in [0.2, 0.25) is 0 Å². The lowest BCUT2D eigenvalue weighted by Crippen LogP contribution is -1.99. The zero-order valence-corrected chi connectivity index (χ0v) is 5.14. The zero-order valence-electron chi connectivity index (χ0n) is 2.98. The molecule has 0 saturated carbocycles. The van der Waals surface area contributed by atoms with Gasteiger partial charge in [0, 0.05) is 0 Å². The third-order valence-electron chi connectivity index (χ3n) is 0.188. The number of halogens is 1. The molecule has 0 aliphatic carbocycles. The van der Waals surface area contributed by atoms with Crippen LogP contribution >= 0.6 is 22.6 Å². The molecule has 0 radical (unpaired) electrons. The van der Waals surface area contributed by atoms with Crippen molar-refractivity contribution in [2.45, 2.75) is 0 Å². The number of nitrogens with zero attached hydrogens (tertiary/aromatic N) is 1. The van der Waals surface area contributed by atoms with E-state index in [2.05, 4.69) is 4.99 Å². The average Bonchev–Trinajstić information content (AvgIpc) is 1.35. The lowest BCUT2D eigenvalue weighted by atomic mass is 11.2. The predicted molar refractivity (Wildman–Crippen MR) is 34.4 cm³/mol. The Labute approximate surface area is 49.3 Å². The van der Waals surface area contributed by atoms with Crippen LogP contribution in [-0.4, -0.2) is 10.2 Å². The Kier molecular flexibility index (Phi) is 3.01. The maximum absolute atomic E-state index is 6.34. The smallest absolute Gasteiger partial charge is 0.163 e. The van der Waals surface area contributed by atoms with E-state index in [-0.39, 0.29) is 0 Å². The van der Waals surface area contributed by atoms with Crippen molar-refractivity contribution in [3.63, 3.8) is 0 Å². The second kappa shape index (κ2) is 3.08. The van der Waals surface area contributed by atoms with Gasteiger partial charge in [-0.1, -0.05) is 0 Å². The maximum Gasteiger partial charge on any atom is 0.163 e. The first kappa shape index (κ1) is 5.87. The molecule has 0 amide bonds. The summed E-state index contributed by atoms with van der Waals surface area (Å²) in [6.07, 6.45) is 0.905. The highest BCUT2D eigenvalue weighted by molar-refractivity contribution is 14.1. The quantitative estimate of drug-likeness (QED) is 0.271. The van der Waals surface area contributed by atoms with E-state index < -0.39 is 0 Å². The highest BCUT2D eigenvalue weighted by atomic mass is 127. The summed E-state index contributed by atoms with van der Waals surface area (Å²) in [5, 5.41) is 6.34. The van der Waals surface area contributed by atoms with Gasteiger partial charge in [-0.25, -0.2) is 4.99 Å². The Morgan fingerprint density at radius 3 is 2.50 bits per heavy atom. The summed E-state index contributed by atoms with van der Waals surface area (Å²) in [5.74, 6) is 0. The summed E-state index contributed by atoms with van der Waals surface area (Å²) in [5.41, 5.74) is 4.99. The molecular weight excluding hydrogens is 193 g/mol. The number of aliphatic imine (C=N–C) groups is 1. The van der Waals surface area contributed by atoms with Crippen LogP contribution in [0.4, 0.5) is 0 Å². The van der Waals surface area contributed by atoms with Gasteiger partial charge in [-0.3, -0.25) is 5.41 Å². The van der Waals surface area contributed by atoms with Crippen molar-refractivity contribution in [3.05, 3.63) is 0 Å². The van der Waals surface area contributed by atoms with Crippen molar-refractivity contribution in [3.8, 4) is 0 Å². The molecule has 0 heterocycles. The normalized spacial score (nSPS) is 11.2. The summed E-state index contributed by atoms with van der Waals surface area (Å²) in [4.78, 5) is 3.35. The lowest BCUT2D eigenvalue weighted by Gasteiger charge is -1.73.